The number of aromatic nitrogens is 2. The number of anilines is 1. The molecule has 146 valence electrons. The van der Waals surface area contributed by atoms with Crippen LogP contribution in [0.3, 0.4) is 0 Å². The van der Waals surface area contributed by atoms with Crippen molar-refractivity contribution in [3.8, 4) is 5.75 Å². The van der Waals surface area contributed by atoms with Gasteiger partial charge in [0, 0.05) is 22.8 Å². The summed E-state index contributed by atoms with van der Waals surface area (Å²) in [4.78, 5) is 25.5. The summed E-state index contributed by atoms with van der Waals surface area (Å²) in [6, 6.07) is 12.5. The van der Waals surface area contributed by atoms with Gasteiger partial charge in [-0.3, -0.25) is 14.3 Å². The van der Waals surface area contributed by atoms with Crippen LogP contribution >= 0.6 is 11.3 Å². The van der Waals surface area contributed by atoms with Gasteiger partial charge >= 0.3 is 11.8 Å². The number of hydrogen-bond acceptors (Lipinski definition) is 5. The van der Waals surface area contributed by atoms with Crippen molar-refractivity contribution in [1.82, 2.24) is 15.1 Å². The Hall–Kier alpha value is -3.13. The number of amides is 2. The van der Waals surface area contributed by atoms with Gasteiger partial charge in [0.25, 0.3) is 0 Å². The molecule has 0 saturated carbocycles. The summed E-state index contributed by atoms with van der Waals surface area (Å²) in [5.74, 6) is -0.742. The van der Waals surface area contributed by atoms with Crippen molar-refractivity contribution in [2.45, 2.75) is 19.9 Å². The maximum absolute atomic E-state index is 12.3. The molecule has 8 heteroatoms. The largest absolute Gasteiger partial charge is 0.497 e. The number of carbonyl (C=O) groups excluding carboxylic acids is 2. The predicted octanol–water partition coefficient (Wildman–Crippen LogP) is 2.91. The second kappa shape index (κ2) is 8.71. The summed E-state index contributed by atoms with van der Waals surface area (Å²) in [6.45, 7) is 4.16. The van der Waals surface area contributed by atoms with Gasteiger partial charge in [-0.25, -0.2) is 0 Å². The standard InChI is InChI=1S/C20H22N4O3S/c1-13-11-14(2)24(23-13)17(18-5-4-10-28-18)12-21-19(25)20(26)22-15-6-8-16(27-3)9-7-15/h4-11,17H,12H2,1-3H3,(H,21,25)(H,22,26). The number of nitrogens with zero attached hydrogens (tertiary/aromatic N) is 2. The van der Waals surface area contributed by atoms with Crippen molar-refractivity contribution < 1.29 is 14.3 Å². The highest BCUT2D eigenvalue weighted by Crippen LogP contribution is 2.24. The molecule has 0 fully saturated rings. The van der Waals surface area contributed by atoms with Gasteiger partial charge in [-0.05, 0) is 55.6 Å². The van der Waals surface area contributed by atoms with Gasteiger partial charge in [-0.15, -0.1) is 11.3 Å². The molecule has 2 N–H and O–H groups in total. The quantitative estimate of drug-likeness (QED) is 0.625. The van der Waals surface area contributed by atoms with Gasteiger partial charge in [0.05, 0.1) is 12.8 Å². The molecule has 2 amide bonds. The Morgan fingerprint density at radius 1 is 1.18 bits per heavy atom. The molecule has 1 atom stereocenters. The Balaban J connectivity index is 1.66. The van der Waals surface area contributed by atoms with E-state index in [1.807, 2.05) is 42.1 Å². The van der Waals surface area contributed by atoms with E-state index in [1.54, 1.807) is 42.7 Å². The third-order valence-corrected chi connectivity index (χ3v) is 5.20. The zero-order valence-electron chi connectivity index (χ0n) is 15.9. The first-order valence-corrected chi connectivity index (χ1v) is 9.65. The molecule has 3 rings (SSSR count). The monoisotopic (exact) mass is 398 g/mol. The summed E-state index contributed by atoms with van der Waals surface area (Å²) >= 11 is 1.59. The number of benzene rings is 1. The zero-order chi connectivity index (χ0) is 20.1. The smallest absolute Gasteiger partial charge is 0.313 e. The molecule has 28 heavy (non-hydrogen) atoms. The molecule has 2 heterocycles. The number of methoxy groups -OCH3 is 1. The summed E-state index contributed by atoms with van der Waals surface area (Å²) in [5.41, 5.74) is 2.42. The number of aryl methyl sites for hydroxylation is 2. The molecule has 1 aromatic carbocycles. The molecule has 0 saturated heterocycles. The van der Waals surface area contributed by atoms with E-state index >= 15 is 0 Å². The molecular formula is C20H22N4O3S. The minimum atomic E-state index is -0.719. The lowest BCUT2D eigenvalue weighted by Gasteiger charge is -2.18. The van der Waals surface area contributed by atoms with Gasteiger partial charge in [-0.2, -0.15) is 5.10 Å². The molecular weight excluding hydrogens is 376 g/mol. The molecule has 1 unspecified atom stereocenters. The molecule has 0 bridgehead atoms. The fourth-order valence-electron chi connectivity index (χ4n) is 2.88. The number of hydrogen-bond donors (Lipinski definition) is 2. The Morgan fingerprint density at radius 2 is 1.93 bits per heavy atom. The van der Waals surface area contributed by atoms with Crippen LogP contribution in [0.15, 0.2) is 47.8 Å². The van der Waals surface area contributed by atoms with E-state index in [4.69, 9.17) is 4.74 Å². The molecule has 3 aromatic rings. The van der Waals surface area contributed by atoms with E-state index in [0.29, 0.717) is 11.4 Å². The summed E-state index contributed by atoms with van der Waals surface area (Å²) in [6.07, 6.45) is 0. The minimum absolute atomic E-state index is 0.175. The van der Waals surface area contributed by atoms with Crippen LogP contribution in [0.2, 0.25) is 0 Å². The number of carbonyl (C=O) groups is 2. The van der Waals surface area contributed by atoms with Gasteiger partial charge in [0.15, 0.2) is 0 Å². The molecule has 0 aliphatic rings. The topological polar surface area (TPSA) is 85.2 Å². The maximum Gasteiger partial charge on any atom is 0.313 e. The molecule has 0 radical (unpaired) electrons. The van der Waals surface area contributed by atoms with Crippen LogP contribution in [0, 0.1) is 13.8 Å². The van der Waals surface area contributed by atoms with Crippen molar-refractivity contribution in [3.63, 3.8) is 0 Å². The average Bonchev–Trinajstić information content (AvgIpc) is 3.32. The fourth-order valence-corrected chi connectivity index (χ4v) is 3.69. The van der Waals surface area contributed by atoms with Gasteiger partial charge in [0.2, 0.25) is 0 Å². The van der Waals surface area contributed by atoms with E-state index in [-0.39, 0.29) is 12.6 Å². The Kier molecular flexibility index (Phi) is 6.10. The highest BCUT2D eigenvalue weighted by Gasteiger charge is 2.21. The normalized spacial score (nSPS) is 11.7. The van der Waals surface area contributed by atoms with E-state index in [9.17, 15) is 9.59 Å². The van der Waals surface area contributed by atoms with Crippen LogP contribution in [0.25, 0.3) is 0 Å². The lowest BCUT2D eigenvalue weighted by Crippen LogP contribution is -2.39. The molecule has 0 spiro atoms. The number of ether oxygens (including phenoxy) is 1. The van der Waals surface area contributed by atoms with Crippen LogP contribution in [-0.2, 0) is 9.59 Å². The Bertz CT molecular complexity index is 949. The van der Waals surface area contributed by atoms with Crippen LogP contribution < -0.4 is 15.4 Å². The Morgan fingerprint density at radius 3 is 2.50 bits per heavy atom. The second-order valence-electron chi connectivity index (χ2n) is 6.30. The predicted molar refractivity (Wildman–Crippen MR) is 109 cm³/mol. The molecule has 2 aromatic heterocycles. The molecule has 0 aliphatic heterocycles. The lowest BCUT2D eigenvalue weighted by molar-refractivity contribution is -0.136. The number of thiophene rings is 1. The van der Waals surface area contributed by atoms with Crippen molar-refractivity contribution >= 4 is 28.8 Å². The number of nitrogens with one attached hydrogen (secondary N) is 2. The van der Waals surface area contributed by atoms with Crippen LogP contribution in [0.1, 0.15) is 22.3 Å². The molecule has 0 aliphatic carbocycles. The highest BCUT2D eigenvalue weighted by atomic mass is 32.1. The van der Waals surface area contributed by atoms with Crippen LogP contribution in [-0.4, -0.2) is 35.2 Å². The van der Waals surface area contributed by atoms with E-state index in [1.165, 1.54) is 0 Å². The average molecular weight is 398 g/mol. The summed E-state index contributed by atoms with van der Waals surface area (Å²) in [7, 11) is 1.56. The van der Waals surface area contributed by atoms with E-state index < -0.39 is 11.8 Å². The van der Waals surface area contributed by atoms with Crippen molar-refractivity contribution in [2.24, 2.45) is 0 Å². The molecule has 7 nitrogen and oxygen atoms in total. The van der Waals surface area contributed by atoms with Crippen molar-refractivity contribution in [2.75, 3.05) is 19.0 Å². The van der Waals surface area contributed by atoms with Crippen molar-refractivity contribution in [3.05, 3.63) is 64.1 Å². The van der Waals surface area contributed by atoms with Crippen LogP contribution in [0.5, 0.6) is 5.75 Å². The van der Waals surface area contributed by atoms with E-state index in [0.717, 1.165) is 16.3 Å². The highest BCUT2D eigenvalue weighted by molar-refractivity contribution is 7.10. The maximum atomic E-state index is 12.3. The second-order valence-corrected chi connectivity index (χ2v) is 7.27. The third kappa shape index (κ3) is 4.58. The van der Waals surface area contributed by atoms with Crippen molar-refractivity contribution in [1.29, 1.82) is 0 Å². The van der Waals surface area contributed by atoms with Gasteiger partial charge in [0.1, 0.15) is 11.8 Å². The minimum Gasteiger partial charge on any atom is -0.497 e. The lowest BCUT2D eigenvalue weighted by atomic mass is 10.2. The summed E-state index contributed by atoms with van der Waals surface area (Å²) in [5, 5.41) is 11.8. The first-order chi connectivity index (χ1) is 13.5. The zero-order valence-corrected chi connectivity index (χ0v) is 16.7. The SMILES string of the molecule is COc1ccc(NC(=O)C(=O)NCC(c2cccs2)n2nc(C)cc2C)cc1. The Labute approximate surface area is 167 Å². The number of rotatable bonds is 6. The van der Waals surface area contributed by atoms with Crippen LogP contribution in [0.4, 0.5) is 5.69 Å². The first kappa shape index (κ1) is 19.6. The van der Waals surface area contributed by atoms with Gasteiger partial charge < -0.3 is 15.4 Å². The third-order valence-electron chi connectivity index (χ3n) is 4.22. The summed E-state index contributed by atoms with van der Waals surface area (Å²) < 4.78 is 6.95. The fraction of sp³-hybridized carbons (Fsp3) is 0.250. The first-order valence-electron chi connectivity index (χ1n) is 8.77. The van der Waals surface area contributed by atoms with Gasteiger partial charge in [-0.1, -0.05) is 6.07 Å². The van der Waals surface area contributed by atoms with E-state index in [2.05, 4.69) is 15.7 Å².